The second-order valence-electron chi connectivity index (χ2n) is 4.59. The fraction of sp³-hybridized carbons (Fsp3) is 0.125. The van der Waals surface area contributed by atoms with Crippen molar-refractivity contribution >= 4 is 39.1 Å². The SMILES string of the molecule is CCC(=O)Nc1cccc(NC(=O)c2cc(F)cc(Br)c2)c1. The van der Waals surface area contributed by atoms with Crippen LogP contribution in [0.4, 0.5) is 15.8 Å². The minimum atomic E-state index is -0.497. The van der Waals surface area contributed by atoms with Crippen LogP contribution in [-0.4, -0.2) is 11.8 Å². The molecule has 0 heterocycles. The third-order valence-electron chi connectivity index (χ3n) is 2.85. The Morgan fingerprint density at radius 1 is 1.09 bits per heavy atom. The first-order chi connectivity index (χ1) is 10.5. The van der Waals surface area contributed by atoms with Crippen molar-refractivity contribution < 1.29 is 14.0 Å². The zero-order valence-corrected chi connectivity index (χ0v) is 13.4. The molecule has 0 aliphatic rings. The van der Waals surface area contributed by atoms with E-state index in [0.29, 0.717) is 22.3 Å². The molecule has 0 saturated heterocycles. The molecule has 0 aliphatic carbocycles. The smallest absolute Gasteiger partial charge is 0.255 e. The molecule has 2 amide bonds. The number of hydrogen-bond acceptors (Lipinski definition) is 2. The molecule has 0 radical (unpaired) electrons. The van der Waals surface area contributed by atoms with E-state index in [-0.39, 0.29) is 11.5 Å². The lowest BCUT2D eigenvalue weighted by Gasteiger charge is -2.09. The van der Waals surface area contributed by atoms with Crippen LogP contribution in [0.3, 0.4) is 0 Å². The van der Waals surface area contributed by atoms with Gasteiger partial charge in [-0.2, -0.15) is 0 Å². The number of rotatable bonds is 4. The van der Waals surface area contributed by atoms with Crippen molar-refractivity contribution in [2.75, 3.05) is 10.6 Å². The van der Waals surface area contributed by atoms with Gasteiger partial charge < -0.3 is 10.6 Å². The van der Waals surface area contributed by atoms with Gasteiger partial charge in [0, 0.05) is 27.8 Å². The quantitative estimate of drug-likeness (QED) is 0.854. The van der Waals surface area contributed by atoms with Gasteiger partial charge in [0.05, 0.1) is 0 Å². The Labute approximate surface area is 135 Å². The Balaban J connectivity index is 2.14. The normalized spacial score (nSPS) is 10.1. The summed E-state index contributed by atoms with van der Waals surface area (Å²) in [7, 11) is 0. The predicted octanol–water partition coefficient (Wildman–Crippen LogP) is 4.19. The lowest BCUT2D eigenvalue weighted by atomic mass is 10.2. The fourth-order valence-electron chi connectivity index (χ4n) is 1.81. The Kier molecular flexibility index (Phi) is 5.27. The van der Waals surface area contributed by atoms with Crippen LogP contribution in [0.15, 0.2) is 46.9 Å². The number of carbonyl (C=O) groups is 2. The highest BCUT2D eigenvalue weighted by atomic mass is 79.9. The summed E-state index contributed by atoms with van der Waals surface area (Å²) < 4.78 is 13.8. The monoisotopic (exact) mass is 364 g/mol. The molecule has 0 saturated carbocycles. The van der Waals surface area contributed by atoms with E-state index in [0.717, 1.165) is 6.07 Å². The number of nitrogens with one attached hydrogen (secondary N) is 2. The van der Waals surface area contributed by atoms with Crippen LogP contribution in [0.5, 0.6) is 0 Å². The molecule has 2 N–H and O–H groups in total. The molecule has 0 atom stereocenters. The third-order valence-corrected chi connectivity index (χ3v) is 3.31. The van der Waals surface area contributed by atoms with Crippen LogP contribution in [-0.2, 0) is 4.79 Å². The van der Waals surface area contributed by atoms with Crippen LogP contribution in [0, 0.1) is 5.82 Å². The van der Waals surface area contributed by atoms with Crippen molar-refractivity contribution in [2.45, 2.75) is 13.3 Å². The summed E-state index contributed by atoms with van der Waals surface area (Å²) in [4.78, 5) is 23.5. The molecule has 6 heteroatoms. The highest BCUT2D eigenvalue weighted by Crippen LogP contribution is 2.19. The number of anilines is 2. The van der Waals surface area contributed by atoms with Gasteiger partial charge in [-0.25, -0.2) is 4.39 Å². The summed E-state index contributed by atoms with van der Waals surface area (Å²) in [5.74, 6) is -1.04. The van der Waals surface area contributed by atoms with Crippen LogP contribution in [0.25, 0.3) is 0 Å². The van der Waals surface area contributed by atoms with Crippen LogP contribution in [0.1, 0.15) is 23.7 Å². The molecule has 0 unspecified atom stereocenters. The van der Waals surface area contributed by atoms with Gasteiger partial charge in [0.1, 0.15) is 5.82 Å². The Bertz CT molecular complexity index is 699. The molecule has 114 valence electrons. The molecule has 0 aliphatic heterocycles. The molecule has 0 bridgehead atoms. The highest BCUT2D eigenvalue weighted by Gasteiger charge is 2.09. The molecule has 2 aromatic carbocycles. The standard InChI is InChI=1S/C16H14BrFN2O2/c1-2-15(21)19-13-4-3-5-14(9-13)20-16(22)10-6-11(17)8-12(18)7-10/h3-9H,2H2,1H3,(H,19,21)(H,20,22). The van der Waals surface area contributed by atoms with E-state index in [9.17, 15) is 14.0 Å². The molecule has 0 spiro atoms. The van der Waals surface area contributed by atoms with E-state index < -0.39 is 11.7 Å². The van der Waals surface area contributed by atoms with Gasteiger partial charge in [0.25, 0.3) is 5.91 Å². The lowest BCUT2D eigenvalue weighted by Crippen LogP contribution is -2.13. The first kappa shape index (κ1) is 16.2. The minimum absolute atomic E-state index is 0.113. The molecule has 0 fully saturated rings. The Hall–Kier alpha value is -2.21. The van der Waals surface area contributed by atoms with E-state index in [1.165, 1.54) is 12.1 Å². The zero-order valence-electron chi connectivity index (χ0n) is 11.8. The first-order valence-electron chi connectivity index (χ1n) is 6.65. The van der Waals surface area contributed by atoms with Crippen molar-refractivity contribution in [1.82, 2.24) is 0 Å². The van der Waals surface area contributed by atoms with E-state index >= 15 is 0 Å². The molecule has 22 heavy (non-hydrogen) atoms. The van der Waals surface area contributed by atoms with E-state index in [4.69, 9.17) is 0 Å². The first-order valence-corrected chi connectivity index (χ1v) is 7.44. The summed E-state index contributed by atoms with van der Waals surface area (Å²) in [6, 6.07) is 10.7. The fourth-order valence-corrected chi connectivity index (χ4v) is 2.28. The third kappa shape index (κ3) is 4.39. The largest absolute Gasteiger partial charge is 0.326 e. The van der Waals surface area contributed by atoms with Crippen LogP contribution < -0.4 is 10.6 Å². The maximum atomic E-state index is 13.3. The number of hydrogen-bond donors (Lipinski definition) is 2. The molecule has 2 aromatic rings. The second kappa shape index (κ2) is 7.17. The van der Waals surface area contributed by atoms with E-state index in [2.05, 4.69) is 26.6 Å². The summed E-state index contributed by atoms with van der Waals surface area (Å²) in [5.41, 5.74) is 1.30. The Morgan fingerprint density at radius 2 is 1.77 bits per heavy atom. The van der Waals surface area contributed by atoms with Gasteiger partial charge in [0.15, 0.2) is 0 Å². The molecule has 0 aromatic heterocycles. The van der Waals surface area contributed by atoms with Crippen molar-refractivity contribution in [1.29, 1.82) is 0 Å². The minimum Gasteiger partial charge on any atom is -0.326 e. The van der Waals surface area contributed by atoms with Gasteiger partial charge in [-0.05, 0) is 36.4 Å². The molecule has 4 nitrogen and oxygen atoms in total. The van der Waals surface area contributed by atoms with Gasteiger partial charge in [0.2, 0.25) is 5.91 Å². The number of amides is 2. The summed E-state index contributed by atoms with van der Waals surface area (Å²) in [5, 5.41) is 5.37. The summed E-state index contributed by atoms with van der Waals surface area (Å²) in [6.45, 7) is 1.75. The average molecular weight is 365 g/mol. The van der Waals surface area contributed by atoms with Gasteiger partial charge in [-0.3, -0.25) is 9.59 Å². The Morgan fingerprint density at radius 3 is 2.41 bits per heavy atom. The lowest BCUT2D eigenvalue weighted by molar-refractivity contribution is -0.115. The number of halogens is 2. The van der Waals surface area contributed by atoms with Crippen molar-refractivity contribution in [2.24, 2.45) is 0 Å². The van der Waals surface area contributed by atoms with Gasteiger partial charge in [-0.15, -0.1) is 0 Å². The highest BCUT2D eigenvalue weighted by molar-refractivity contribution is 9.10. The number of benzene rings is 2. The van der Waals surface area contributed by atoms with Crippen molar-refractivity contribution in [3.63, 3.8) is 0 Å². The molecule has 2 rings (SSSR count). The van der Waals surface area contributed by atoms with Gasteiger partial charge in [-0.1, -0.05) is 28.9 Å². The van der Waals surface area contributed by atoms with Crippen LogP contribution in [0.2, 0.25) is 0 Å². The number of carbonyl (C=O) groups excluding carboxylic acids is 2. The topological polar surface area (TPSA) is 58.2 Å². The predicted molar refractivity (Wildman–Crippen MR) is 87.4 cm³/mol. The van der Waals surface area contributed by atoms with E-state index in [1.807, 2.05) is 0 Å². The van der Waals surface area contributed by atoms with Gasteiger partial charge >= 0.3 is 0 Å². The maximum absolute atomic E-state index is 13.3. The van der Waals surface area contributed by atoms with Crippen molar-refractivity contribution in [3.8, 4) is 0 Å². The second-order valence-corrected chi connectivity index (χ2v) is 5.51. The van der Waals surface area contributed by atoms with Crippen molar-refractivity contribution in [3.05, 3.63) is 58.3 Å². The maximum Gasteiger partial charge on any atom is 0.255 e. The zero-order chi connectivity index (χ0) is 16.1. The molecular weight excluding hydrogens is 351 g/mol. The van der Waals surface area contributed by atoms with E-state index in [1.54, 1.807) is 31.2 Å². The summed E-state index contributed by atoms with van der Waals surface area (Å²) in [6.07, 6.45) is 0.369. The van der Waals surface area contributed by atoms with Crippen LogP contribution >= 0.6 is 15.9 Å². The summed E-state index contributed by atoms with van der Waals surface area (Å²) >= 11 is 3.15. The average Bonchev–Trinajstić information content (AvgIpc) is 2.46. The molecular formula is C16H14BrFN2O2.